The van der Waals surface area contributed by atoms with Crippen LogP contribution in [0.4, 0.5) is 0 Å². The molecule has 0 radical (unpaired) electrons. The van der Waals surface area contributed by atoms with E-state index < -0.39 is 11.4 Å². The van der Waals surface area contributed by atoms with Gasteiger partial charge in [-0.2, -0.15) is 0 Å². The van der Waals surface area contributed by atoms with Gasteiger partial charge in [-0.15, -0.1) is 0 Å². The Bertz CT molecular complexity index is 296. The summed E-state index contributed by atoms with van der Waals surface area (Å²) in [5, 5.41) is 9.11. The Kier molecular flexibility index (Phi) is 3.17. The summed E-state index contributed by atoms with van der Waals surface area (Å²) in [6.07, 6.45) is 2.86. The molecule has 1 rings (SSSR count). The molecule has 4 nitrogen and oxygen atoms in total. The molecule has 1 aliphatic rings. The maximum atomic E-state index is 11.5. The molecule has 84 valence electrons. The summed E-state index contributed by atoms with van der Waals surface area (Å²) in [4.78, 5) is 24.2. The molecule has 1 N–H and O–H groups in total. The van der Waals surface area contributed by atoms with Crippen LogP contribution in [0.2, 0.25) is 0 Å². The third kappa shape index (κ3) is 2.03. The van der Waals surface area contributed by atoms with E-state index in [1.54, 1.807) is 18.7 Å². The van der Waals surface area contributed by atoms with Gasteiger partial charge < -0.3 is 10.0 Å². The molecule has 1 saturated heterocycles. The average molecular weight is 211 g/mol. The molecule has 0 aromatic rings. The summed E-state index contributed by atoms with van der Waals surface area (Å²) in [7, 11) is 0. The van der Waals surface area contributed by atoms with E-state index in [0.29, 0.717) is 6.54 Å². The first kappa shape index (κ1) is 11.8. The molecule has 1 heterocycles. The molecule has 0 spiro atoms. The number of hydrogen-bond acceptors (Lipinski definition) is 2. The van der Waals surface area contributed by atoms with Crippen LogP contribution in [-0.2, 0) is 9.59 Å². The summed E-state index contributed by atoms with van der Waals surface area (Å²) < 4.78 is 0. The molecule has 1 unspecified atom stereocenters. The molecule has 1 amide bonds. The molecule has 0 saturated carbocycles. The second-order valence-corrected chi connectivity index (χ2v) is 4.42. The SMILES string of the molecule is C=CC(=O)N1CCCC1C(C)(C)C(=O)O. The van der Waals surface area contributed by atoms with Crippen molar-refractivity contribution in [3.8, 4) is 0 Å². The van der Waals surface area contributed by atoms with Crippen molar-refractivity contribution in [2.24, 2.45) is 5.41 Å². The fraction of sp³-hybridized carbons (Fsp3) is 0.636. The van der Waals surface area contributed by atoms with Crippen molar-refractivity contribution >= 4 is 11.9 Å². The van der Waals surface area contributed by atoms with E-state index in [0.717, 1.165) is 12.8 Å². The second kappa shape index (κ2) is 4.04. The maximum Gasteiger partial charge on any atom is 0.311 e. The predicted molar refractivity (Wildman–Crippen MR) is 56.3 cm³/mol. The van der Waals surface area contributed by atoms with Gasteiger partial charge in [0.05, 0.1) is 5.41 Å². The van der Waals surface area contributed by atoms with E-state index in [1.807, 2.05) is 0 Å². The largest absolute Gasteiger partial charge is 0.481 e. The highest BCUT2D eigenvalue weighted by Gasteiger charge is 2.43. The van der Waals surface area contributed by atoms with Gasteiger partial charge in [0, 0.05) is 12.6 Å². The molecule has 1 fully saturated rings. The molecular formula is C11H17NO3. The van der Waals surface area contributed by atoms with Gasteiger partial charge in [0.25, 0.3) is 0 Å². The summed E-state index contributed by atoms with van der Waals surface area (Å²) in [5.41, 5.74) is -0.894. The third-order valence-corrected chi connectivity index (χ3v) is 3.09. The first-order valence-electron chi connectivity index (χ1n) is 5.07. The smallest absolute Gasteiger partial charge is 0.311 e. The highest BCUT2D eigenvalue weighted by atomic mass is 16.4. The topological polar surface area (TPSA) is 57.6 Å². The second-order valence-electron chi connectivity index (χ2n) is 4.42. The van der Waals surface area contributed by atoms with Crippen LogP contribution in [0, 0.1) is 5.41 Å². The fourth-order valence-corrected chi connectivity index (χ4v) is 2.04. The minimum Gasteiger partial charge on any atom is -0.481 e. The number of aliphatic carboxylic acids is 1. The zero-order chi connectivity index (χ0) is 11.6. The normalized spacial score (nSPS) is 21.5. The lowest BCUT2D eigenvalue weighted by molar-refractivity contribution is -0.151. The minimum absolute atomic E-state index is 0.174. The van der Waals surface area contributed by atoms with Gasteiger partial charge in [0.2, 0.25) is 5.91 Å². The Labute approximate surface area is 89.6 Å². The van der Waals surface area contributed by atoms with Gasteiger partial charge in [0.15, 0.2) is 0 Å². The predicted octanol–water partition coefficient (Wildman–Crippen LogP) is 1.27. The molecule has 0 aliphatic carbocycles. The lowest BCUT2D eigenvalue weighted by Gasteiger charge is -2.34. The molecule has 0 bridgehead atoms. The van der Waals surface area contributed by atoms with Crippen molar-refractivity contribution in [1.29, 1.82) is 0 Å². The Morgan fingerprint density at radius 1 is 1.53 bits per heavy atom. The van der Waals surface area contributed by atoms with E-state index in [1.165, 1.54) is 6.08 Å². The summed E-state index contributed by atoms with van der Waals surface area (Å²) >= 11 is 0. The van der Waals surface area contributed by atoms with Gasteiger partial charge in [0.1, 0.15) is 0 Å². The maximum absolute atomic E-state index is 11.5. The van der Waals surface area contributed by atoms with Crippen molar-refractivity contribution < 1.29 is 14.7 Å². The van der Waals surface area contributed by atoms with Crippen molar-refractivity contribution in [2.45, 2.75) is 32.7 Å². The van der Waals surface area contributed by atoms with Gasteiger partial charge in [-0.05, 0) is 32.8 Å². The van der Waals surface area contributed by atoms with E-state index in [2.05, 4.69) is 6.58 Å². The van der Waals surface area contributed by atoms with Crippen LogP contribution in [-0.4, -0.2) is 34.5 Å². The number of carbonyl (C=O) groups excluding carboxylic acids is 1. The number of carbonyl (C=O) groups is 2. The molecule has 1 aliphatic heterocycles. The highest BCUT2D eigenvalue weighted by molar-refractivity contribution is 5.88. The number of rotatable bonds is 3. The van der Waals surface area contributed by atoms with E-state index in [4.69, 9.17) is 5.11 Å². The zero-order valence-corrected chi connectivity index (χ0v) is 9.19. The number of likely N-dealkylation sites (tertiary alicyclic amines) is 1. The van der Waals surface area contributed by atoms with Crippen molar-refractivity contribution in [2.75, 3.05) is 6.54 Å². The molecule has 0 aromatic carbocycles. The van der Waals surface area contributed by atoms with Crippen molar-refractivity contribution in [3.05, 3.63) is 12.7 Å². The highest BCUT2D eigenvalue weighted by Crippen LogP contribution is 2.33. The fourth-order valence-electron chi connectivity index (χ4n) is 2.04. The van der Waals surface area contributed by atoms with Crippen LogP contribution in [0.15, 0.2) is 12.7 Å². The van der Waals surface area contributed by atoms with Crippen molar-refractivity contribution in [1.82, 2.24) is 4.90 Å². The van der Waals surface area contributed by atoms with Crippen LogP contribution in [0.3, 0.4) is 0 Å². The number of carboxylic acids is 1. The van der Waals surface area contributed by atoms with Crippen molar-refractivity contribution in [3.63, 3.8) is 0 Å². The van der Waals surface area contributed by atoms with E-state index in [9.17, 15) is 9.59 Å². The lowest BCUT2D eigenvalue weighted by Crippen LogP contribution is -2.47. The van der Waals surface area contributed by atoms with Gasteiger partial charge in [-0.25, -0.2) is 0 Å². The molecular weight excluding hydrogens is 194 g/mol. The Morgan fingerprint density at radius 3 is 2.60 bits per heavy atom. The Morgan fingerprint density at radius 2 is 2.13 bits per heavy atom. The molecule has 1 atom stereocenters. The third-order valence-electron chi connectivity index (χ3n) is 3.09. The van der Waals surface area contributed by atoms with Gasteiger partial charge in [-0.3, -0.25) is 9.59 Å². The van der Waals surface area contributed by atoms with Crippen LogP contribution >= 0.6 is 0 Å². The Hall–Kier alpha value is -1.32. The number of amides is 1. The Balaban J connectivity index is 2.89. The van der Waals surface area contributed by atoms with E-state index >= 15 is 0 Å². The molecule has 0 aromatic heterocycles. The number of nitrogens with zero attached hydrogens (tertiary/aromatic N) is 1. The van der Waals surface area contributed by atoms with Crippen LogP contribution in [0.1, 0.15) is 26.7 Å². The van der Waals surface area contributed by atoms with Gasteiger partial charge in [-0.1, -0.05) is 6.58 Å². The molecule has 15 heavy (non-hydrogen) atoms. The van der Waals surface area contributed by atoms with Crippen LogP contribution < -0.4 is 0 Å². The van der Waals surface area contributed by atoms with Crippen LogP contribution in [0.25, 0.3) is 0 Å². The monoisotopic (exact) mass is 211 g/mol. The average Bonchev–Trinajstić information content (AvgIpc) is 2.65. The minimum atomic E-state index is -0.894. The lowest BCUT2D eigenvalue weighted by atomic mass is 9.83. The van der Waals surface area contributed by atoms with Gasteiger partial charge >= 0.3 is 5.97 Å². The van der Waals surface area contributed by atoms with Crippen LogP contribution in [0.5, 0.6) is 0 Å². The summed E-state index contributed by atoms with van der Waals surface area (Å²) in [6.45, 7) is 7.38. The summed E-state index contributed by atoms with van der Waals surface area (Å²) in [5.74, 6) is -1.04. The van der Waals surface area contributed by atoms with E-state index in [-0.39, 0.29) is 11.9 Å². The quantitative estimate of drug-likeness (QED) is 0.715. The summed E-state index contributed by atoms with van der Waals surface area (Å²) in [6, 6.07) is -0.222. The molecule has 4 heteroatoms. The standard InChI is InChI=1S/C11H17NO3/c1-4-9(13)12-7-5-6-8(12)11(2,3)10(14)15/h4,8H,1,5-7H2,2-3H3,(H,14,15). The zero-order valence-electron chi connectivity index (χ0n) is 9.19. The number of carboxylic acid groups (broad SMARTS) is 1. The first-order chi connectivity index (χ1) is 6.91. The first-order valence-corrected chi connectivity index (χ1v) is 5.07. The number of hydrogen-bond donors (Lipinski definition) is 1.